The highest BCUT2D eigenvalue weighted by atomic mass is 15.3. The van der Waals surface area contributed by atoms with Crippen molar-refractivity contribution in [1.82, 2.24) is 24.7 Å². The SMILES string of the molecule is Cc1nccnc1C(C)Nc1ccccc1-n1cncn1. The van der Waals surface area contributed by atoms with Crippen LogP contribution in [0.2, 0.25) is 0 Å². The second-order valence-corrected chi connectivity index (χ2v) is 4.75. The van der Waals surface area contributed by atoms with Crippen molar-refractivity contribution in [2.45, 2.75) is 19.9 Å². The fourth-order valence-electron chi connectivity index (χ4n) is 2.27. The molecule has 1 unspecified atom stereocenters. The molecule has 0 saturated heterocycles. The Morgan fingerprint density at radius 3 is 2.71 bits per heavy atom. The number of hydrogen-bond donors (Lipinski definition) is 1. The zero-order chi connectivity index (χ0) is 14.7. The molecule has 0 aliphatic rings. The van der Waals surface area contributed by atoms with Crippen LogP contribution in [0.25, 0.3) is 5.69 Å². The number of aryl methyl sites for hydroxylation is 1. The van der Waals surface area contributed by atoms with E-state index in [-0.39, 0.29) is 6.04 Å². The van der Waals surface area contributed by atoms with E-state index in [1.807, 2.05) is 31.2 Å². The van der Waals surface area contributed by atoms with Crippen molar-refractivity contribution < 1.29 is 0 Å². The van der Waals surface area contributed by atoms with E-state index >= 15 is 0 Å². The van der Waals surface area contributed by atoms with Crippen LogP contribution in [0.15, 0.2) is 49.3 Å². The number of hydrogen-bond acceptors (Lipinski definition) is 5. The van der Waals surface area contributed by atoms with Crippen molar-refractivity contribution in [2.24, 2.45) is 0 Å². The van der Waals surface area contributed by atoms with Gasteiger partial charge in [-0.25, -0.2) is 9.67 Å². The lowest BCUT2D eigenvalue weighted by atomic mass is 10.1. The number of benzene rings is 1. The van der Waals surface area contributed by atoms with E-state index < -0.39 is 0 Å². The van der Waals surface area contributed by atoms with Crippen LogP contribution in [0, 0.1) is 6.92 Å². The fraction of sp³-hybridized carbons (Fsp3) is 0.200. The Hall–Kier alpha value is -2.76. The van der Waals surface area contributed by atoms with Crippen LogP contribution in [0.4, 0.5) is 5.69 Å². The molecule has 6 heteroatoms. The average molecular weight is 280 g/mol. The molecule has 0 fully saturated rings. The molecule has 0 amide bonds. The fourth-order valence-corrected chi connectivity index (χ4v) is 2.27. The second kappa shape index (κ2) is 5.70. The maximum atomic E-state index is 4.41. The molecule has 0 radical (unpaired) electrons. The number of nitrogens with one attached hydrogen (secondary N) is 1. The lowest BCUT2D eigenvalue weighted by molar-refractivity contribution is 0.802. The van der Waals surface area contributed by atoms with Gasteiger partial charge in [-0.15, -0.1) is 0 Å². The van der Waals surface area contributed by atoms with Gasteiger partial charge in [-0.3, -0.25) is 9.97 Å². The molecular formula is C15H16N6. The Morgan fingerprint density at radius 1 is 1.14 bits per heavy atom. The summed E-state index contributed by atoms with van der Waals surface area (Å²) in [6, 6.07) is 8.01. The smallest absolute Gasteiger partial charge is 0.138 e. The number of nitrogens with zero attached hydrogens (tertiary/aromatic N) is 5. The minimum absolute atomic E-state index is 0.0448. The molecule has 2 aromatic heterocycles. The summed E-state index contributed by atoms with van der Waals surface area (Å²) in [4.78, 5) is 12.7. The van der Waals surface area contributed by atoms with E-state index in [1.54, 1.807) is 23.4 Å². The van der Waals surface area contributed by atoms with Crippen LogP contribution < -0.4 is 5.32 Å². The molecule has 2 heterocycles. The monoisotopic (exact) mass is 280 g/mol. The maximum Gasteiger partial charge on any atom is 0.138 e. The van der Waals surface area contributed by atoms with E-state index in [1.165, 1.54) is 6.33 Å². The molecule has 0 spiro atoms. The first-order valence-corrected chi connectivity index (χ1v) is 6.74. The lowest BCUT2D eigenvalue weighted by Crippen LogP contribution is -2.12. The predicted molar refractivity (Wildman–Crippen MR) is 80.2 cm³/mol. The molecule has 1 aromatic carbocycles. The molecule has 3 rings (SSSR count). The summed E-state index contributed by atoms with van der Waals surface area (Å²) in [5.41, 5.74) is 3.78. The molecule has 1 N–H and O–H groups in total. The Morgan fingerprint density at radius 2 is 1.95 bits per heavy atom. The number of aromatic nitrogens is 5. The van der Waals surface area contributed by atoms with Gasteiger partial charge >= 0.3 is 0 Å². The average Bonchev–Trinajstić information content (AvgIpc) is 3.02. The van der Waals surface area contributed by atoms with Crippen molar-refractivity contribution in [2.75, 3.05) is 5.32 Å². The summed E-state index contributed by atoms with van der Waals surface area (Å²) in [7, 11) is 0. The van der Waals surface area contributed by atoms with Crippen LogP contribution in [-0.4, -0.2) is 24.7 Å². The summed E-state index contributed by atoms with van der Waals surface area (Å²) in [5.74, 6) is 0. The zero-order valence-corrected chi connectivity index (χ0v) is 11.9. The van der Waals surface area contributed by atoms with E-state index in [0.717, 1.165) is 22.8 Å². The van der Waals surface area contributed by atoms with Gasteiger partial charge < -0.3 is 5.32 Å². The standard InChI is InChI=1S/C15H16N6/c1-11-15(18-8-7-17-11)12(2)20-13-5-3-4-6-14(13)21-10-16-9-19-21/h3-10,12,20H,1-2H3. The van der Waals surface area contributed by atoms with E-state index in [9.17, 15) is 0 Å². The topological polar surface area (TPSA) is 68.5 Å². The summed E-state index contributed by atoms with van der Waals surface area (Å²) < 4.78 is 1.73. The Balaban J connectivity index is 1.91. The molecule has 6 nitrogen and oxygen atoms in total. The van der Waals surface area contributed by atoms with Gasteiger partial charge in [-0.05, 0) is 26.0 Å². The largest absolute Gasteiger partial charge is 0.375 e. The highest BCUT2D eigenvalue weighted by Gasteiger charge is 2.13. The third-order valence-electron chi connectivity index (χ3n) is 3.27. The maximum absolute atomic E-state index is 4.41. The first-order valence-electron chi connectivity index (χ1n) is 6.74. The quantitative estimate of drug-likeness (QED) is 0.795. The van der Waals surface area contributed by atoms with Gasteiger partial charge in [0.15, 0.2) is 0 Å². The van der Waals surface area contributed by atoms with E-state index in [0.29, 0.717) is 0 Å². The van der Waals surface area contributed by atoms with Gasteiger partial charge in [0.25, 0.3) is 0 Å². The second-order valence-electron chi connectivity index (χ2n) is 4.75. The third-order valence-corrected chi connectivity index (χ3v) is 3.27. The molecule has 0 aliphatic heterocycles. The minimum Gasteiger partial charge on any atom is -0.375 e. The number of rotatable bonds is 4. The van der Waals surface area contributed by atoms with Gasteiger partial charge in [0.2, 0.25) is 0 Å². The molecule has 1 atom stereocenters. The highest BCUT2D eigenvalue weighted by Crippen LogP contribution is 2.24. The van der Waals surface area contributed by atoms with Gasteiger partial charge in [0, 0.05) is 12.4 Å². The number of anilines is 1. The van der Waals surface area contributed by atoms with Crippen LogP contribution in [0.5, 0.6) is 0 Å². The molecule has 106 valence electrons. The van der Waals surface area contributed by atoms with Gasteiger partial charge in [-0.2, -0.15) is 5.10 Å². The highest BCUT2D eigenvalue weighted by molar-refractivity contribution is 5.61. The summed E-state index contributed by atoms with van der Waals surface area (Å²) in [6.07, 6.45) is 6.62. The third kappa shape index (κ3) is 2.74. The molecule has 21 heavy (non-hydrogen) atoms. The van der Waals surface area contributed by atoms with Crippen molar-refractivity contribution in [3.8, 4) is 5.69 Å². The number of para-hydroxylation sites is 2. The van der Waals surface area contributed by atoms with Crippen molar-refractivity contribution >= 4 is 5.69 Å². The van der Waals surface area contributed by atoms with Gasteiger partial charge in [0.1, 0.15) is 12.7 Å². The summed E-state index contributed by atoms with van der Waals surface area (Å²) in [6.45, 7) is 4.03. The first kappa shape index (κ1) is 13.2. The molecule has 0 aliphatic carbocycles. The Labute approximate surface area is 122 Å². The lowest BCUT2D eigenvalue weighted by Gasteiger charge is -2.18. The van der Waals surface area contributed by atoms with Crippen LogP contribution in [0.3, 0.4) is 0 Å². The molecule has 0 saturated carbocycles. The predicted octanol–water partition coefficient (Wildman–Crippen LogP) is 2.54. The van der Waals surface area contributed by atoms with Gasteiger partial charge in [0.05, 0.1) is 28.8 Å². The normalized spacial score (nSPS) is 12.1. The molecule has 0 bridgehead atoms. The Bertz CT molecular complexity index is 723. The van der Waals surface area contributed by atoms with Crippen molar-refractivity contribution in [3.05, 3.63) is 60.7 Å². The Kier molecular flexibility index (Phi) is 3.59. The van der Waals surface area contributed by atoms with Gasteiger partial charge in [-0.1, -0.05) is 12.1 Å². The molecule has 3 aromatic rings. The van der Waals surface area contributed by atoms with Crippen LogP contribution in [-0.2, 0) is 0 Å². The van der Waals surface area contributed by atoms with E-state index in [4.69, 9.17) is 0 Å². The van der Waals surface area contributed by atoms with Crippen LogP contribution >= 0.6 is 0 Å². The van der Waals surface area contributed by atoms with Crippen molar-refractivity contribution in [3.63, 3.8) is 0 Å². The molecular weight excluding hydrogens is 264 g/mol. The van der Waals surface area contributed by atoms with Crippen LogP contribution in [0.1, 0.15) is 24.4 Å². The van der Waals surface area contributed by atoms with E-state index in [2.05, 4.69) is 32.3 Å². The minimum atomic E-state index is 0.0448. The first-order chi connectivity index (χ1) is 10.3. The van der Waals surface area contributed by atoms with Crippen molar-refractivity contribution in [1.29, 1.82) is 0 Å². The summed E-state index contributed by atoms with van der Waals surface area (Å²) >= 11 is 0. The summed E-state index contributed by atoms with van der Waals surface area (Å²) in [5, 5.41) is 7.65. The zero-order valence-electron chi connectivity index (χ0n) is 11.9.